The molecule has 0 nitrogen and oxygen atoms in total. The fourth-order valence-corrected chi connectivity index (χ4v) is 7.26. The Morgan fingerprint density at radius 2 is 0.500 bits per heavy atom. The van der Waals surface area contributed by atoms with E-state index in [4.69, 9.17) is 0 Å². The third-order valence-electron chi connectivity index (χ3n) is 7.23. The minimum atomic E-state index is -0.602. The van der Waals surface area contributed by atoms with Gasteiger partial charge in [0, 0.05) is 20.6 Å². The zero-order valence-corrected chi connectivity index (χ0v) is 25.7. The largest absolute Gasteiger partial charge is 1.00 e. The molecule has 0 fully saturated rings. The van der Waals surface area contributed by atoms with Crippen LogP contribution < -0.4 is 17.0 Å². The molecule has 0 heterocycles. The third kappa shape index (κ3) is 28.9. The van der Waals surface area contributed by atoms with E-state index in [1.54, 1.807) is 12.3 Å². The smallest absolute Gasteiger partial charge is 0.0589 e. The Hall–Kier alpha value is 0.910. The van der Waals surface area contributed by atoms with Gasteiger partial charge in [0.25, 0.3) is 0 Å². The maximum Gasteiger partial charge on any atom is 0.0589 e. The normalized spacial score (nSPS) is 11.6. The lowest BCUT2D eigenvalue weighted by molar-refractivity contribution is -0.00000716. The van der Waals surface area contributed by atoms with Crippen molar-refractivity contribution in [1.29, 1.82) is 0 Å². The van der Waals surface area contributed by atoms with Gasteiger partial charge in [-0.2, -0.15) is 0 Å². The molecule has 0 unspecified atom stereocenters. The van der Waals surface area contributed by atoms with Crippen molar-refractivity contribution >= 4 is 7.26 Å². The van der Waals surface area contributed by atoms with Crippen LogP contribution in [0.2, 0.25) is 0 Å². The van der Waals surface area contributed by atoms with Crippen LogP contribution >= 0.6 is 7.26 Å². The number of hydrogen-bond acceptors (Lipinski definition) is 0. The quantitative estimate of drug-likeness (QED) is 0.0768. The second kappa shape index (κ2) is 28.1. The molecule has 0 atom stereocenters. The number of unbranched alkanes of at least 4 members (excludes halogenated alkanes) is 22. The molecule has 0 spiro atoms. The maximum absolute atomic E-state index is 2.63. The van der Waals surface area contributed by atoms with Crippen LogP contribution in [-0.2, 0) is 0 Å². The van der Waals surface area contributed by atoms with E-state index in [9.17, 15) is 0 Å². The van der Waals surface area contributed by atoms with Gasteiger partial charge in [0.2, 0.25) is 0 Å². The van der Waals surface area contributed by atoms with E-state index in [1.807, 2.05) is 0 Å². The van der Waals surface area contributed by atoms with Crippen molar-refractivity contribution < 1.29 is 17.0 Å². The van der Waals surface area contributed by atoms with Crippen LogP contribution in [0.25, 0.3) is 0 Å². The summed E-state index contributed by atoms with van der Waals surface area (Å²) in [6.07, 6.45) is 38.5. The predicted molar refractivity (Wildman–Crippen MR) is 151 cm³/mol. The highest BCUT2D eigenvalue weighted by molar-refractivity contribution is 7.74. The van der Waals surface area contributed by atoms with Gasteiger partial charge in [0.15, 0.2) is 0 Å². The summed E-state index contributed by atoms with van der Waals surface area (Å²) in [5.41, 5.74) is 0. The molecule has 0 radical (unpaired) electrons. The summed E-state index contributed by atoms with van der Waals surface area (Å²) in [4.78, 5) is 0. The molecule has 0 aliphatic carbocycles. The first kappa shape index (κ1) is 35.1. The summed E-state index contributed by atoms with van der Waals surface area (Å²) < 4.78 is 0. The highest BCUT2D eigenvalue weighted by Crippen LogP contribution is 2.52. The van der Waals surface area contributed by atoms with Crippen LogP contribution in [0.3, 0.4) is 0 Å². The van der Waals surface area contributed by atoms with Gasteiger partial charge in [0.05, 0.1) is 12.3 Å². The number of rotatable bonds is 26. The lowest BCUT2D eigenvalue weighted by atomic mass is 10.1. The summed E-state index contributed by atoms with van der Waals surface area (Å²) in [7, 11) is -0.602. The predicted octanol–water partition coefficient (Wildman–Crippen LogP) is 8.67. The second-order valence-electron chi connectivity index (χ2n) is 11.2. The summed E-state index contributed by atoms with van der Waals surface area (Å²) in [6.45, 7) is 9.87. The topological polar surface area (TPSA) is 0 Å². The highest BCUT2D eigenvalue weighted by Gasteiger charge is 2.23. The summed E-state index contributed by atoms with van der Waals surface area (Å²) >= 11 is 0. The van der Waals surface area contributed by atoms with Crippen molar-refractivity contribution in [2.45, 2.75) is 168 Å². The second-order valence-corrected chi connectivity index (χ2v) is 15.9. The van der Waals surface area contributed by atoms with Crippen molar-refractivity contribution in [3.05, 3.63) is 0 Å². The molecule has 196 valence electrons. The molecule has 32 heavy (non-hydrogen) atoms. The van der Waals surface area contributed by atoms with Gasteiger partial charge < -0.3 is 17.0 Å². The SMILES string of the molecule is CCCCCCCCCCCCCC[P+](C)(C)CCCCCCCCCCCCCC.[Br-]. The van der Waals surface area contributed by atoms with E-state index in [0.717, 1.165) is 0 Å². The Bertz CT molecular complexity index is 299. The molecule has 0 aromatic carbocycles. The third-order valence-corrected chi connectivity index (χ3v) is 10.3. The molecule has 0 saturated carbocycles. The first-order valence-electron chi connectivity index (χ1n) is 14.9. The molecule has 0 aromatic heterocycles. The van der Waals surface area contributed by atoms with Crippen LogP contribution in [0.1, 0.15) is 168 Å². The van der Waals surface area contributed by atoms with Gasteiger partial charge in [-0.25, -0.2) is 0 Å². The molecule has 0 rings (SSSR count). The van der Waals surface area contributed by atoms with E-state index in [-0.39, 0.29) is 17.0 Å². The molecule has 0 aliphatic rings. The van der Waals surface area contributed by atoms with E-state index in [1.165, 1.54) is 154 Å². The molecule has 0 saturated heterocycles. The van der Waals surface area contributed by atoms with E-state index >= 15 is 0 Å². The average Bonchev–Trinajstić information content (AvgIpc) is 2.75. The van der Waals surface area contributed by atoms with Gasteiger partial charge in [-0.15, -0.1) is 0 Å². The van der Waals surface area contributed by atoms with Crippen molar-refractivity contribution in [3.63, 3.8) is 0 Å². The van der Waals surface area contributed by atoms with Gasteiger partial charge in [-0.3, -0.25) is 0 Å². The Balaban J connectivity index is 0. The minimum absolute atomic E-state index is 0. The van der Waals surface area contributed by atoms with E-state index in [2.05, 4.69) is 27.2 Å². The molecular weight excluding hydrogens is 471 g/mol. The number of hydrogen-bond donors (Lipinski definition) is 0. The van der Waals surface area contributed by atoms with E-state index in [0.29, 0.717) is 0 Å². The molecular formula is C30H64BrP. The Morgan fingerprint density at radius 3 is 0.719 bits per heavy atom. The first-order chi connectivity index (χ1) is 15.1. The average molecular weight is 536 g/mol. The van der Waals surface area contributed by atoms with Gasteiger partial charge in [-0.05, 0) is 25.7 Å². The molecule has 0 aromatic rings. The van der Waals surface area contributed by atoms with Gasteiger partial charge >= 0.3 is 0 Å². The Kier molecular flexibility index (Phi) is 30.9. The first-order valence-corrected chi connectivity index (χ1v) is 18.0. The zero-order chi connectivity index (χ0) is 22.9. The fourth-order valence-electron chi connectivity index (χ4n) is 4.87. The van der Waals surface area contributed by atoms with Crippen molar-refractivity contribution in [2.24, 2.45) is 0 Å². The van der Waals surface area contributed by atoms with Crippen LogP contribution in [0.15, 0.2) is 0 Å². The molecule has 0 bridgehead atoms. The maximum atomic E-state index is 2.63. The number of halogens is 1. The summed E-state index contributed by atoms with van der Waals surface area (Å²) in [6, 6.07) is 0. The standard InChI is InChI=1S/C30H64P.BrH/c1-5-7-9-11-13-15-17-19-21-23-25-27-29-31(3,4)30-28-26-24-22-20-18-16-14-12-10-8-6-2;/h5-30H2,1-4H3;1H/q+1;/p-1. The summed E-state index contributed by atoms with van der Waals surface area (Å²) in [5, 5.41) is 0. The summed E-state index contributed by atoms with van der Waals surface area (Å²) in [5.74, 6) is 0. The minimum Gasteiger partial charge on any atom is -1.00 e. The van der Waals surface area contributed by atoms with Crippen LogP contribution in [-0.4, -0.2) is 25.7 Å². The Morgan fingerprint density at radius 1 is 0.312 bits per heavy atom. The van der Waals surface area contributed by atoms with Crippen molar-refractivity contribution in [1.82, 2.24) is 0 Å². The lowest BCUT2D eigenvalue weighted by Gasteiger charge is -2.18. The molecule has 0 aliphatic heterocycles. The molecule has 2 heteroatoms. The van der Waals surface area contributed by atoms with Gasteiger partial charge in [0.1, 0.15) is 0 Å². The van der Waals surface area contributed by atoms with E-state index < -0.39 is 7.26 Å². The van der Waals surface area contributed by atoms with Crippen molar-refractivity contribution in [2.75, 3.05) is 25.7 Å². The monoisotopic (exact) mass is 534 g/mol. The van der Waals surface area contributed by atoms with Crippen LogP contribution in [0.4, 0.5) is 0 Å². The zero-order valence-electron chi connectivity index (χ0n) is 23.2. The Labute approximate surface area is 217 Å². The molecule has 0 N–H and O–H groups in total. The van der Waals surface area contributed by atoms with Crippen LogP contribution in [0, 0.1) is 0 Å². The fraction of sp³-hybridized carbons (Fsp3) is 1.00. The van der Waals surface area contributed by atoms with Gasteiger partial charge in [-0.1, -0.05) is 142 Å². The molecule has 0 amide bonds. The highest BCUT2D eigenvalue weighted by atomic mass is 79.9. The van der Waals surface area contributed by atoms with Crippen molar-refractivity contribution in [3.8, 4) is 0 Å². The lowest BCUT2D eigenvalue weighted by Crippen LogP contribution is -3.00. The van der Waals surface area contributed by atoms with Crippen LogP contribution in [0.5, 0.6) is 0 Å².